The summed E-state index contributed by atoms with van der Waals surface area (Å²) in [5.41, 5.74) is -2.60. The molecule has 1 N–H and O–H groups in total. The van der Waals surface area contributed by atoms with Gasteiger partial charge in [0.15, 0.2) is 5.11 Å². The quantitative estimate of drug-likeness (QED) is 0.277. The highest BCUT2D eigenvalue weighted by molar-refractivity contribution is 7.80. The second-order valence-electron chi connectivity index (χ2n) is 12.4. The zero-order valence-corrected chi connectivity index (χ0v) is 25.3. The van der Waals surface area contributed by atoms with Gasteiger partial charge in [0, 0.05) is 24.7 Å². The highest BCUT2D eigenvalue weighted by Crippen LogP contribution is 2.41. The number of hydrogen-bond donors (Lipinski definition) is 1. The fourth-order valence-corrected chi connectivity index (χ4v) is 7.57. The van der Waals surface area contributed by atoms with Crippen LogP contribution in [0, 0.1) is 17.2 Å². The van der Waals surface area contributed by atoms with Crippen molar-refractivity contribution in [3.8, 4) is 6.07 Å². The molecule has 0 aromatic heterocycles. The van der Waals surface area contributed by atoms with Crippen molar-refractivity contribution in [3.63, 3.8) is 0 Å². The van der Waals surface area contributed by atoms with Crippen LogP contribution in [0.25, 0.3) is 0 Å². The number of nitrogens with zero attached hydrogens (tertiary/aromatic N) is 4. The second kappa shape index (κ2) is 12.4. The Balaban J connectivity index is 1.31. The molecule has 1 aliphatic carbocycles. The Morgan fingerprint density at radius 2 is 1.79 bits per heavy atom. The summed E-state index contributed by atoms with van der Waals surface area (Å²) in [4.78, 5) is 29.5. The number of carboxylic acid groups (broad SMARTS) is 1. The summed E-state index contributed by atoms with van der Waals surface area (Å²) in [5.74, 6) is 0.123. The smallest absolute Gasteiger partial charge is 0.417 e. The van der Waals surface area contributed by atoms with E-state index >= 15 is 0 Å². The molecule has 1 saturated carbocycles. The van der Waals surface area contributed by atoms with Crippen molar-refractivity contribution >= 4 is 35.0 Å². The van der Waals surface area contributed by atoms with Gasteiger partial charge in [-0.15, -0.1) is 0 Å². The third kappa shape index (κ3) is 6.37. The number of alkyl halides is 3. The number of hydrogen-bond acceptors (Lipinski definition) is 5. The molecule has 3 fully saturated rings. The molecule has 0 spiro atoms. The van der Waals surface area contributed by atoms with Gasteiger partial charge >= 0.3 is 12.3 Å². The number of anilines is 1. The van der Waals surface area contributed by atoms with Gasteiger partial charge in [0.1, 0.15) is 5.54 Å². The summed E-state index contributed by atoms with van der Waals surface area (Å²) >= 11 is 5.70. The second-order valence-corrected chi connectivity index (χ2v) is 12.7. The largest absolute Gasteiger partial charge is 0.465 e. The third-order valence-electron chi connectivity index (χ3n) is 9.08. The van der Waals surface area contributed by atoms with Crippen LogP contribution in [-0.4, -0.2) is 68.4 Å². The molecular weight excluding hydrogens is 569 g/mol. The average molecular weight is 609 g/mol. The lowest BCUT2D eigenvalue weighted by Crippen LogP contribution is -2.51. The van der Waals surface area contributed by atoms with Crippen molar-refractivity contribution < 1.29 is 32.6 Å². The highest BCUT2D eigenvalue weighted by atomic mass is 32.1. The Morgan fingerprint density at radius 3 is 2.33 bits per heavy atom. The average Bonchev–Trinajstić information content (AvgIpc) is 3.08. The molecule has 1 aromatic rings. The monoisotopic (exact) mass is 608 g/mol. The molecule has 2 aliphatic heterocycles. The van der Waals surface area contributed by atoms with Gasteiger partial charge in [-0.05, 0) is 115 Å². The molecule has 2 atom stereocenters. The van der Waals surface area contributed by atoms with E-state index in [1.165, 1.54) is 15.9 Å². The summed E-state index contributed by atoms with van der Waals surface area (Å²) in [5, 5.41) is 18.7. The van der Waals surface area contributed by atoms with Gasteiger partial charge in [-0.25, -0.2) is 4.79 Å². The maximum Gasteiger partial charge on any atom is 0.417 e. The molecule has 1 aromatic carbocycles. The van der Waals surface area contributed by atoms with Crippen molar-refractivity contribution in [2.75, 3.05) is 11.5 Å². The normalized spacial score (nSPS) is 28.2. The predicted octanol–water partition coefficient (Wildman–Crippen LogP) is 6.56. The lowest BCUT2D eigenvalue weighted by atomic mass is 9.82. The van der Waals surface area contributed by atoms with E-state index in [0.717, 1.165) is 50.7 Å². The number of amides is 2. The standard InChI is InChI=1S/C30H39F3N4O4S/c1-18-14-24(15-19(2)35(18)28(39)40)41-13-5-6-20-7-10-22(11-8-20)37-27(42)36(26(38)29(37,3)4)23-12-9-21(17-34)25(16-23)30(31,32)33/h9,12,16,18-20,22,24H,5-8,10-11,13-15H2,1-4H3,(H,39,40). The van der Waals surface area contributed by atoms with Crippen molar-refractivity contribution in [1.82, 2.24) is 9.80 Å². The SMILES string of the molecule is CC1CC(OCCCC2CCC(N3C(=S)N(c4ccc(C#N)c(C(F)(F)F)c4)C(=O)C3(C)C)CC2)CC(C)N1C(=O)O. The summed E-state index contributed by atoms with van der Waals surface area (Å²) in [6.45, 7) is 7.98. The van der Waals surface area contributed by atoms with Crippen LogP contribution in [0.1, 0.15) is 90.2 Å². The Morgan fingerprint density at radius 1 is 1.17 bits per heavy atom. The Kier molecular flexibility index (Phi) is 9.43. The number of piperidine rings is 1. The number of ether oxygens (including phenoxy) is 1. The van der Waals surface area contributed by atoms with E-state index in [1.807, 2.05) is 18.7 Å². The lowest BCUT2D eigenvalue weighted by molar-refractivity contribution is -0.137. The summed E-state index contributed by atoms with van der Waals surface area (Å²) in [6, 6.07) is 4.68. The number of carbonyl (C=O) groups excluding carboxylic acids is 1. The molecule has 12 heteroatoms. The molecular formula is C30H39F3N4O4S. The van der Waals surface area contributed by atoms with Crippen LogP contribution in [0.5, 0.6) is 0 Å². The third-order valence-corrected chi connectivity index (χ3v) is 9.46. The van der Waals surface area contributed by atoms with Gasteiger partial charge in [-0.2, -0.15) is 18.4 Å². The Labute approximate surface area is 250 Å². The molecule has 2 unspecified atom stereocenters. The van der Waals surface area contributed by atoms with E-state index < -0.39 is 28.9 Å². The van der Waals surface area contributed by atoms with E-state index in [0.29, 0.717) is 25.4 Å². The minimum absolute atomic E-state index is 0.00295. The van der Waals surface area contributed by atoms with Gasteiger partial charge < -0.3 is 19.6 Å². The van der Waals surface area contributed by atoms with Crippen LogP contribution in [-0.2, 0) is 15.7 Å². The summed E-state index contributed by atoms with van der Waals surface area (Å²) in [6.07, 6.45) is 1.30. The maximum absolute atomic E-state index is 13.6. The predicted molar refractivity (Wildman–Crippen MR) is 155 cm³/mol. The molecule has 0 bridgehead atoms. The molecule has 230 valence electrons. The zero-order valence-electron chi connectivity index (χ0n) is 24.5. The minimum atomic E-state index is -4.74. The lowest BCUT2D eigenvalue weighted by Gasteiger charge is -2.41. The van der Waals surface area contributed by atoms with E-state index in [2.05, 4.69) is 0 Å². The van der Waals surface area contributed by atoms with Crippen molar-refractivity contribution in [3.05, 3.63) is 29.3 Å². The summed E-state index contributed by atoms with van der Waals surface area (Å²) < 4.78 is 46.9. The number of nitriles is 1. The number of halogens is 3. The van der Waals surface area contributed by atoms with Crippen LogP contribution in [0.4, 0.5) is 23.7 Å². The molecule has 4 rings (SSSR count). The molecule has 2 saturated heterocycles. The number of rotatable bonds is 7. The van der Waals surface area contributed by atoms with Gasteiger partial charge in [0.05, 0.1) is 29.0 Å². The molecule has 42 heavy (non-hydrogen) atoms. The molecule has 3 aliphatic rings. The number of benzene rings is 1. The van der Waals surface area contributed by atoms with Crippen LogP contribution in [0.2, 0.25) is 0 Å². The van der Waals surface area contributed by atoms with E-state index in [1.54, 1.807) is 19.9 Å². The van der Waals surface area contributed by atoms with Crippen LogP contribution >= 0.6 is 12.2 Å². The maximum atomic E-state index is 13.6. The molecule has 0 radical (unpaired) electrons. The minimum Gasteiger partial charge on any atom is -0.465 e. The van der Waals surface area contributed by atoms with Gasteiger partial charge in [-0.3, -0.25) is 9.69 Å². The number of likely N-dealkylation sites (tertiary alicyclic amines) is 1. The van der Waals surface area contributed by atoms with Crippen molar-refractivity contribution in [2.45, 2.75) is 115 Å². The van der Waals surface area contributed by atoms with Gasteiger partial charge in [-0.1, -0.05) is 0 Å². The Hall–Kier alpha value is -2.91. The van der Waals surface area contributed by atoms with Gasteiger partial charge in [0.25, 0.3) is 5.91 Å². The van der Waals surface area contributed by atoms with Crippen LogP contribution < -0.4 is 4.90 Å². The van der Waals surface area contributed by atoms with Crippen molar-refractivity contribution in [1.29, 1.82) is 5.26 Å². The summed E-state index contributed by atoms with van der Waals surface area (Å²) in [7, 11) is 0. The first-order chi connectivity index (χ1) is 19.7. The van der Waals surface area contributed by atoms with E-state index in [-0.39, 0.29) is 40.9 Å². The van der Waals surface area contributed by atoms with Gasteiger partial charge in [0.2, 0.25) is 0 Å². The van der Waals surface area contributed by atoms with Crippen LogP contribution in [0.3, 0.4) is 0 Å². The first-order valence-electron chi connectivity index (χ1n) is 14.6. The zero-order chi connectivity index (χ0) is 31.0. The molecule has 2 heterocycles. The first kappa shape index (κ1) is 32.0. The van der Waals surface area contributed by atoms with Crippen molar-refractivity contribution in [2.24, 2.45) is 5.92 Å². The first-order valence-corrected chi connectivity index (χ1v) is 15.0. The number of thiocarbonyl (C=S) groups is 1. The van der Waals surface area contributed by atoms with E-state index in [4.69, 9.17) is 22.2 Å². The topological polar surface area (TPSA) is 97.1 Å². The fourth-order valence-electron chi connectivity index (χ4n) is 7.00. The molecule has 2 amide bonds. The molecule has 8 nitrogen and oxygen atoms in total. The fraction of sp³-hybridized carbons (Fsp3) is 0.667. The van der Waals surface area contributed by atoms with E-state index in [9.17, 15) is 27.9 Å². The van der Waals surface area contributed by atoms with Crippen LogP contribution in [0.15, 0.2) is 18.2 Å². The highest BCUT2D eigenvalue weighted by Gasteiger charge is 2.52. The number of carbonyl (C=O) groups is 2. The Bertz CT molecular complexity index is 1230.